The first kappa shape index (κ1) is 19.3. The summed E-state index contributed by atoms with van der Waals surface area (Å²) in [6, 6.07) is 10.5. The summed E-state index contributed by atoms with van der Waals surface area (Å²) >= 11 is 0. The molecule has 1 aromatic carbocycles. The molecule has 152 valence electrons. The van der Waals surface area contributed by atoms with Crippen molar-refractivity contribution in [3.63, 3.8) is 0 Å². The summed E-state index contributed by atoms with van der Waals surface area (Å²) in [5.41, 5.74) is 1.60. The molecule has 0 saturated carbocycles. The first-order valence-electron chi connectivity index (χ1n) is 9.16. The molecule has 3 aromatic rings. The van der Waals surface area contributed by atoms with Crippen LogP contribution in [0.2, 0.25) is 0 Å². The Morgan fingerprint density at radius 3 is 2.70 bits per heavy atom. The number of methoxy groups -OCH3 is 1. The molecule has 0 spiro atoms. The zero-order valence-corrected chi connectivity index (χ0v) is 16.1. The van der Waals surface area contributed by atoms with Crippen molar-refractivity contribution in [1.29, 1.82) is 0 Å². The molecule has 4 rings (SSSR count). The number of furan rings is 1. The lowest BCUT2D eigenvalue weighted by Crippen LogP contribution is -2.31. The summed E-state index contributed by atoms with van der Waals surface area (Å²) in [5.74, 6) is 0.112. The lowest BCUT2D eigenvalue weighted by molar-refractivity contribution is -0.136. The molecular formula is C21H18N4O5. The predicted octanol–water partition coefficient (Wildman–Crippen LogP) is 2.61. The number of hydrazone groups is 1. The summed E-state index contributed by atoms with van der Waals surface area (Å²) in [6.45, 7) is -0.480. The van der Waals surface area contributed by atoms with Gasteiger partial charge in [0.15, 0.2) is 12.3 Å². The number of carbonyl (C=O) groups is 2. The van der Waals surface area contributed by atoms with Crippen LogP contribution in [0.15, 0.2) is 70.8 Å². The molecule has 0 bridgehead atoms. The molecule has 0 saturated heterocycles. The highest BCUT2D eigenvalue weighted by Gasteiger charge is 2.35. The number of amides is 1. The lowest BCUT2D eigenvalue weighted by atomic mass is 10.0. The van der Waals surface area contributed by atoms with E-state index in [1.807, 2.05) is 24.3 Å². The van der Waals surface area contributed by atoms with Crippen LogP contribution in [0.4, 0.5) is 0 Å². The van der Waals surface area contributed by atoms with Crippen molar-refractivity contribution >= 4 is 17.6 Å². The van der Waals surface area contributed by atoms with Crippen LogP contribution in [0.3, 0.4) is 0 Å². The van der Waals surface area contributed by atoms with E-state index in [1.54, 1.807) is 19.2 Å². The standard InChI is InChI=1S/C21H18N4O5/c1-28-15-6-4-14(5-7-15)16-11-18(19-3-2-10-29-19)25(24-16)20(26)13-30-21(27)17-12-22-8-9-23-17/h2-10,12,18H,11,13H2,1H3/t18-/m0/s1. The Balaban J connectivity index is 1.51. The van der Waals surface area contributed by atoms with Gasteiger partial charge in [-0.1, -0.05) is 0 Å². The molecule has 0 fully saturated rings. The molecule has 1 aliphatic heterocycles. The summed E-state index contributed by atoms with van der Waals surface area (Å²) in [4.78, 5) is 32.5. The number of ether oxygens (including phenoxy) is 2. The van der Waals surface area contributed by atoms with E-state index in [1.165, 1.54) is 29.9 Å². The van der Waals surface area contributed by atoms with E-state index in [-0.39, 0.29) is 5.69 Å². The van der Waals surface area contributed by atoms with Gasteiger partial charge in [0, 0.05) is 18.8 Å². The van der Waals surface area contributed by atoms with Gasteiger partial charge in [0.1, 0.15) is 17.6 Å². The Hall–Kier alpha value is -4.01. The number of carbonyl (C=O) groups excluding carboxylic acids is 2. The minimum absolute atomic E-state index is 0.0247. The van der Waals surface area contributed by atoms with Gasteiger partial charge in [-0.2, -0.15) is 5.10 Å². The van der Waals surface area contributed by atoms with Crippen molar-refractivity contribution < 1.29 is 23.5 Å². The molecule has 0 radical (unpaired) electrons. The highest BCUT2D eigenvalue weighted by Crippen LogP contribution is 2.33. The molecule has 0 unspecified atom stereocenters. The van der Waals surface area contributed by atoms with E-state index in [9.17, 15) is 9.59 Å². The second-order valence-electron chi connectivity index (χ2n) is 6.42. The number of rotatable bonds is 6. The molecule has 1 amide bonds. The molecule has 0 aliphatic carbocycles. The minimum atomic E-state index is -0.732. The first-order valence-corrected chi connectivity index (χ1v) is 9.16. The Labute approximate surface area is 172 Å². The van der Waals surface area contributed by atoms with E-state index in [0.717, 1.165) is 11.3 Å². The zero-order chi connectivity index (χ0) is 20.9. The lowest BCUT2D eigenvalue weighted by Gasteiger charge is -2.19. The number of hydrogen-bond acceptors (Lipinski definition) is 8. The van der Waals surface area contributed by atoms with E-state index in [0.29, 0.717) is 17.9 Å². The molecule has 9 heteroatoms. The maximum absolute atomic E-state index is 12.8. The number of esters is 1. The molecule has 0 N–H and O–H groups in total. The van der Waals surface area contributed by atoms with Gasteiger partial charge in [-0.15, -0.1) is 0 Å². The Kier molecular flexibility index (Phi) is 5.51. The van der Waals surface area contributed by atoms with E-state index < -0.39 is 24.5 Å². The monoisotopic (exact) mass is 406 g/mol. The largest absolute Gasteiger partial charge is 0.497 e. The van der Waals surface area contributed by atoms with E-state index >= 15 is 0 Å². The quantitative estimate of drug-likeness (QED) is 0.579. The summed E-state index contributed by atoms with van der Waals surface area (Å²) < 4.78 is 15.8. The third-order valence-electron chi connectivity index (χ3n) is 4.56. The van der Waals surface area contributed by atoms with Crippen LogP contribution in [0.1, 0.15) is 34.3 Å². The average molecular weight is 406 g/mol. The highest BCUT2D eigenvalue weighted by molar-refractivity contribution is 6.03. The van der Waals surface area contributed by atoms with Gasteiger partial charge >= 0.3 is 5.97 Å². The fraction of sp³-hybridized carbons (Fsp3) is 0.190. The van der Waals surface area contributed by atoms with Gasteiger partial charge in [-0.25, -0.2) is 14.8 Å². The normalized spacial score (nSPS) is 15.6. The van der Waals surface area contributed by atoms with Crippen LogP contribution in [-0.2, 0) is 9.53 Å². The zero-order valence-electron chi connectivity index (χ0n) is 16.1. The summed E-state index contributed by atoms with van der Waals surface area (Å²) in [5, 5.41) is 5.78. The van der Waals surface area contributed by atoms with Gasteiger partial charge in [0.05, 0.1) is 25.3 Å². The van der Waals surface area contributed by atoms with Crippen molar-refractivity contribution in [2.45, 2.75) is 12.5 Å². The smallest absolute Gasteiger partial charge is 0.359 e. The third kappa shape index (κ3) is 4.04. The third-order valence-corrected chi connectivity index (χ3v) is 4.56. The molecular weight excluding hydrogens is 388 g/mol. The van der Waals surface area contributed by atoms with Crippen molar-refractivity contribution in [2.24, 2.45) is 5.10 Å². The van der Waals surface area contributed by atoms with Crippen LogP contribution in [0.5, 0.6) is 5.75 Å². The molecule has 2 aromatic heterocycles. The Bertz CT molecular complexity index is 1050. The average Bonchev–Trinajstić information content (AvgIpc) is 3.48. The summed E-state index contributed by atoms with van der Waals surface area (Å²) in [7, 11) is 1.59. The Morgan fingerprint density at radius 2 is 2.03 bits per heavy atom. The molecule has 30 heavy (non-hydrogen) atoms. The fourth-order valence-electron chi connectivity index (χ4n) is 3.07. The van der Waals surface area contributed by atoms with E-state index in [4.69, 9.17) is 13.9 Å². The number of nitrogens with zero attached hydrogens (tertiary/aromatic N) is 4. The van der Waals surface area contributed by atoms with Gasteiger partial charge in [-0.3, -0.25) is 9.78 Å². The first-order chi connectivity index (χ1) is 14.7. The highest BCUT2D eigenvalue weighted by atomic mass is 16.5. The van der Waals surface area contributed by atoms with Gasteiger partial charge in [0.2, 0.25) is 0 Å². The molecule has 1 aliphatic rings. The SMILES string of the molecule is COc1ccc(C2=NN(C(=O)COC(=O)c3cnccn3)[C@H](c3ccco3)C2)cc1. The molecule has 3 heterocycles. The number of aromatic nitrogens is 2. The maximum Gasteiger partial charge on any atom is 0.359 e. The minimum Gasteiger partial charge on any atom is -0.497 e. The fourth-order valence-corrected chi connectivity index (χ4v) is 3.07. The topological polar surface area (TPSA) is 107 Å². The van der Waals surface area contributed by atoms with Crippen molar-refractivity contribution in [3.05, 3.63) is 78.3 Å². The second-order valence-corrected chi connectivity index (χ2v) is 6.42. The molecule has 9 nitrogen and oxygen atoms in total. The van der Waals surface area contributed by atoms with Gasteiger partial charge in [-0.05, 0) is 42.0 Å². The van der Waals surface area contributed by atoms with Gasteiger partial charge < -0.3 is 13.9 Å². The number of hydrogen-bond donors (Lipinski definition) is 0. The van der Waals surface area contributed by atoms with Crippen LogP contribution >= 0.6 is 0 Å². The molecule has 1 atom stereocenters. The van der Waals surface area contributed by atoms with Crippen LogP contribution in [-0.4, -0.2) is 46.3 Å². The number of benzene rings is 1. The van der Waals surface area contributed by atoms with Gasteiger partial charge in [0.25, 0.3) is 5.91 Å². The van der Waals surface area contributed by atoms with Crippen molar-refractivity contribution in [3.8, 4) is 5.75 Å². The van der Waals surface area contributed by atoms with Crippen molar-refractivity contribution in [1.82, 2.24) is 15.0 Å². The van der Waals surface area contributed by atoms with E-state index in [2.05, 4.69) is 15.1 Å². The maximum atomic E-state index is 12.8. The summed E-state index contributed by atoms with van der Waals surface area (Å²) in [6.07, 6.45) is 6.09. The van der Waals surface area contributed by atoms with Crippen molar-refractivity contribution in [2.75, 3.05) is 13.7 Å². The van der Waals surface area contributed by atoms with Crippen LogP contribution in [0.25, 0.3) is 0 Å². The Morgan fingerprint density at radius 1 is 1.20 bits per heavy atom. The second kappa shape index (κ2) is 8.56. The predicted molar refractivity (Wildman–Crippen MR) is 105 cm³/mol. The van der Waals surface area contributed by atoms with Crippen LogP contribution in [0, 0.1) is 0 Å². The van der Waals surface area contributed by atoms with Crippen LogP contribution < -0.4 is 4.74 Å².